The molecule has 6 heteroatoms. The Morgan fingerprint density at radius 3 is 2.61 bits per heavy atom. The first-order valence-corrected chi connectivity index (χ1v) is 5.88. The van der Waals surface area contributed by atoms with Crippen LogP contribution in [-0.4, -0.2) is 33.4 Å². The lowest BCUT2D eigenvalue weighted by Crippen LogP contribution is -2.41. The van der Waals surface area contributed by atoms with Crippen molar-refractivity contribution in [2.45, 2.75) is 33.2 Å². The highest BCUT2D eigenvalue weighted by Gasteiger charge is 2.19. The van der Waals surface area contributed by atoms with Crippen LogP contribution in [0.2, 0.25) is 0 Å². The highest BCUT2D eigenvalue weighted by molar-refractivity contribution is 5.95. The van der Waals surface area contributed by atoms with E-state index < -0.39 is 11.5 Å². The molecule has 0 spiro atoms. The maximum Gasteiger partial charge on any atom is 0.279 e. The number of carbonyl (C=O) groups excluding carboxylic acids is 1. The second-order valence-electron chi connectivity index (χ2n) is 4.28. The molecule has 0 aliphatic heterocycles. The number of hydrogen-bond acceptors (Lipinski definition) is 4. The lowest BCUT2D eigenvalue weighted by Gasteiger charge is -2.15. The highest BCUT2D eigenvalue weighted by Crippen LogP contribution is 2.06. The molecule has 1 unspecified atom stereocenters. The molecule has 0 bridgehead atoms. The Balaban J connectivity index is 3.17. The molecule has 1 atom stereocenters. The van der Waals surface area contributed by atoms with Gasteiger partial charge in [0, 0.05) is 7.05 Å². The Morgan fingerprint density at radius 1 is 1.50 bits per heavy atom. The Kier molecular flexibility index (Phi) is 4.61. The molecule has 0 aliphatic rings. The van der Waals surface area contributed by atoms with Gasteiger partial charge in [0.1, 0.15) is 5.56 Å². The number of nitrogens with one attached hydrogen (secondary N) is 1. The summed E-state index contributed by atoms with van der Waals surface area (Å²) in [5, 5.41) is 15.7. The van der Waals surface area contributed by atoms with Crippen LogP contribution in [0.25, 0.3) is 0 Å². The Bertz CT molecular complexity index is 504. The van der Waals surface area contributed by atoms with E-state index >= 15 is 0 Å². The molecule has 2 N–H and O–H groups in total. The fourth-order valence-corrected chi connectivity index (χ4v) is 1.65. The zero-order chi connectivity index (χ0) is 13.9. The molecule has 6 nitrogen and oxygen atoms in total. The number of carbonyl (C=O) groups is 1. The molecular weight excluding hydrogens is 234 g/mol. The molecule has 1 aromatic heterocycles. The average Bonchev–Trinajstić information content (AvgIpc) is 2.33. The van der Waals surface area contributed by atoms with Gasteiger partial charge in [-0.2, -0.15) is 5.10 Å². The number of aromatic nitrogens is 2. The summed E-state index contributed by atoms with van der Waals surface area (Å²) in [7, 11) is 1.51. The van der Waals surface area contributed by atoms with Crippen molar-refractivity contribution in [3.8, 4) is 0 Å². The number of nitrogens with zero attached hydrogens (tertiary/aromatic N) is 2. The molecule has 0 saturated heterocycles. The summed E-state index contributed by atoms with van der Waals surface area (Å²) < 4.78 is 1.15. The SMILES string of the molecule is CCC(CO)NC(=O)c1c(C)c(C)nn(C)c1=O. The van der Waals surface area contributed by atoms with Crippen LogP contribution in [0.3, 0.4) is 0 Å². The lowest BCUT2D eigenvalue weighted by atomic mass is 10.1. The van der Waals surface area contributed by atoms with E-state index in [1.165, 1.54) is 7.05 Å². The summed E-state index contributed by atoms with van der Waals surface area (Å²) in [6.07, 6.45) is 0.603. The van der Waals surface area contributed by atoms with Crippen molar-refractivity contribution in [2.75, 3.05) is 6.61 Å². The second kappa shape index (κ2) is 5.77. The second-order valence-corrected chi connectivity index (χ2v) is 4.28. The molecular formula is C12H19N3O3. The van der Waals surface area contributed by atoms with Crippen molar-refractivity contribution < 1.29 is 9.90 Å². The minimum absolute atomic E-state index is 0.0944. The van der Waals surface area contributed by atoms with Crippen molar-refractivity contribution in [1.29, 1.82) is 0 Å². The summed E-state index contributed by atoms with van der Waals surface area (Å²) in [6.45, 7) is 5.14. The normalized spacial score (nSPS) is 12.3. The number of amides is 1. The van der Waals surface area contributed by atoms with E-state index in [2.05, 4.69) is 10.4 Å². The zero-order valence-electron chi connectivity index (χ0n) is 11.1. The van der Waals surface area contributed by atoms with E-state index in [1.54, 1.807) is 13.8 Å². The minimum Gasteiger partial charge on any atom is -0.394 e. The van der Waals surface area contributed by atoms with Gasteiger partial charge in [-0.25, -0.2) is 4.68 Å². The van der Waals surface area contributed by atoms with Crippen LogP contribution >= 0.6 is 0 Å². The molecule has 0 saturated carbocycles. The minimum atomic E-state index is -0.459. The van der Waals surface area contributed by atoms with Crippen LogP contribution in [0.4, 0.5) is 0 Å². The van der Waals surface area contributed by atoms with Gasteiger partial charge in [0.2, 0.25) is 0 Å². The molecule has 0 aliphatic carbocycles. The van der Waals surface area contributed by atoms with Crippen molar-refractivity contribution in [2.24, 2.45) is 7.05 Å². The van der Waals surface area contributed by atoms with E-state index in [4.69, 9.17) is 5.11 Å². The summed E-state index contributed by atoms with van der Waals surface area (Å²) in [5.41, 5.74) is 0.878. The average molecular weight is 253 g/mol. The van der Waals surface area contributed by atoms with E-state index in [0.717, 1.165) is 4.68 Å². The predicted molar refractivity (Wildman–Crippen MR) is 67.6 cm³/mol. The van der Waals surface area contributed by atoms with Crippen molar-refractivity contribution in [3.63, 3.8) is 0 Å². The van der Waals surface area contributed by atoms with E-state index in [9.17, 15) is 9.59 Å². The fraction of sp³-hybridized carbons (Fsp3) is 0.583. The topological polar surface area (TPSA) is 84.2 Å². The maximum absolute atomic E-state index is 12.1. The van der Waals surface area contributed by atoms with Gasteiger partial charge >= 0.3 is 0 Å². The zero-order valence-corrected chi connectivity index (χ0v) is 11.1. The number of aliphatic hydroxyl groups excluding tert-OH is 1. The largest absolute Gasteiger partial charge is 0.394 e. The van der Waals surface area contributed by atoms with Gasteiger partial charge in [-0.15, -0.1) is 0 Å². The first-order chi connectivity index (χ1) is 8.42. The van der Waals surface area contributed by atoms with Crippen LogP contribution in [0.1, 0.15) is 35.0 Å². The van der Waals surface area contributed by atoms with E-state index in [-0.39, 0.29) is 18.2 Å². The van der Waals surface area contributed by atoms with E-state index in [0.29, 0.717) is 17.7 Å². The van der Waals surface area contributed by atoms with Crippen LogP contribution in [-0.2, 0) is 7.05 Å². The number of hydrogen-bond donors (Lipinski definition) is 2. The molecule has 1 aromatic rings. The van der Waals surface area contributed by atoms with Gasteiger partial charge in [-0.1, -0.05) is 6.92 Å². The monoisotopic (exact) mass is 253 g/mol. The summed E-state index contributed by atoms with van der Waals surface area (Å²) >= 11 is 0. The smallest absolute Gasteiger partial charge is 0.279 e. The quantitative estimate of drug-likeness (QED) is 0.784. The van der Waals surface area contributed by atoms with Crippen molar-refractivity contribution in [3.05, 3.63) is 27.2 Å². The first kappa shape index (κ1) is 14.4. The molecule has 1 rings (SSSR count). The third-order valence-electron chi connectivity index (χ3n) is 3.00. The Hall–Kier alpha value is -1.69. The third kappa shape index (κ3) is 2.76. The molecule has 0 radical (unpaired) electrons. The molecule has 0 fully saturated rings. The highest BCUT2D eigenvalue weighted by atomic mass is 16.3. The van der Waals surface area contributed by atoms with Gasteiger partial charge in [0.05, 0.1) is 18.3 Å². The van der Waals surface area contributed by atoms with Gasteiger partial charge in [0.15, 0.2) is 0 Å². The van der Waals surface area contributed by atoms with Crippen LogP contribution in [0.15, 0.2) is 4.79 Å². The molecule has 0 aromatic carbocycles. The summed E-state index contributed by atoms with van der Waals surface area (Å²) in [6, 6.07) is -0.338. The van der Waals surface area contributed by atoms with Gasteiger partial charge < -0.3 is 10.4 Å². The van der Waals surface area contributed by atoms with Crippen molar-refractivity contribution in [1.82, 2.24) is 15.1 Å². The van der Waals surface area contributed by atoms with Crippen molar-refractivity contribution >= 4 is 5.91 Å². The van der Waals surface area contributed by atoms with Crippen LogP contribution in [0, 0.1) is 13.8 Å². The third-order valence-corrected chi connectivity index (χ3v) is 3.00. The van der Waals surface area contributed by atoms with Crippen LogP contribution < -0.4 is 10.9 Å². The molecule has 1 amide bonds. The number of aryl methyl sites for hydroxylation is 2. The van der Waals surface area contributed by atoms with Gasteiger partial charge in [0.25, 0.3) is 11.5 Å². The molecule has 100 valence electrons. The number of aliphatic hydroxyl groups is 1. The molecule has 1 heterocycles. The lowest BCUT2D eigenvalue weighted by molar-refractivity contribution is 0.0911. The molecule has 18 heavy (non-hydrogen) atoms. The van der Waals surface area contributed by atoms with E-state index in [1.807, 2.05) is 6.92 Å². The van der Waals surface area contributed by atoms with Crippen LogP contribution in [0.5, 0.6) is 0 Å². The van der Waals surface area contributed by atoms with Gasteiger partial charge in [-0.05, 0) is 25.8 Å². The predicted octanol–water partition coefficient (Wildman–Crippen LogP) is -0.102. The Labute approximate surface area is 106 Å². The summed E-state index contributed by atoms with van der Waals surface area (Å²) in [4.78, 5) is 24.0. The van der Waals surface area contributed by atoms with Gasteiger partial charge in [-0.3, -0.25) is 9.59 Å². The summed E-state index contributed by atoms with van der Waals surface area (Å²) in [5.74, 6) is -0.459. The maximum atomic E-state index is 12.1. The standard InChI is InChI=1S/C12H19N3O3/c1-5-9(6-16)13-11(17)10-7(2)8(3)14-15(4)12(10)18/h9,16H,5-6H2,1-4H3,(H,13,17). The Morgan fingerprint density at radius 2 is 2.11 bits per heavy atom. The fourth-order valence-electron chi connectivity index (χ4n) is 1.65. The first-order valence-electron chi connectivity index (χ1n) is 5.88. The number of rotatable bonds is 4.